The lowest BCUT2D eigenvalue weighted by atomic mass is 9.79. The van der Waals surface area contributed by atoms with E-state index in [1.165, 1.54) is 13.8 Å². The molecule has 0 fully saturated rings. The number of rotatable bonds is 11. The third-order valence-electron chi connectivity index (χ3n) is 4.07. The number of nitrogens with zero attached hydrogens (tertiary/aromatic N) is 2. The summed E-state index contributed by atoms with van der Waals surface area (Å²) in [6, 6.07) is 0. The van der Waals surface area contributed by atoms with Gasteiger partial charge in [0.25, 0.3) is 0 Å². The van der Waals surface area contributed by atoms with E-state index in [0.717, 1.165) is 38.5 Å². The lowest BCUT2D eigenvalue weighted by Gasteiger charge is -2.30. The molecule has 0 aromatic rings. The molecule has 1 atom stereocenters. The Balaban J connectivity index is 5.44. The minimum absolute atomic E-state index is 0.141. The summed E-state index contributed by atoms with van der Waals surface area (Å²) in [4.78, 5) is 22.9. The highest BCUT2D eigenvalue weighted by molar-refractivity contribution is 5.79. The lowest BCUT2D eigenvalue weighted by Crippen LogP contribution is -2.42. The van der Waals surface area contributed by atoms with E-state index in [9.17, 15) is 14.7 Å². The summed E-state index contributed by atoms with van der Waals surface area (Å²) < 4.78 is 0. The molecule has 0 aliphatic heterocycles. The molecule has 0 aromatic carbocycles. The summed E-state index contributed by atoms with van der Waals surface area (Å²) >= 11 is 0. The molecule has 0 spiro atoms. The van der Waals surface area contributed by atoms with Gasteiger partial charge in [-0.3, -0.25) is 0 Å². The van der Waals surface area contributed by atoms with Crippen molar-refractivity contribution in [1.29, 1.82) is 0 Å². The Morgan fingerprint density at radius 1 is 0.909 bits per heavy atom. The maximum Gasteiger partial charge on any atom is 0.333 e. The Hall–Kier alpha value is -1.46. The summed E-state index contributed by atoms with van der Waals surface area (Å²) in [6.07, 6.45) is 5.33. The third-order valence-corrected chi connectivity index (χ3v) is 4.07. The van der Waals surface area contributed by atoms with Crippen LogP contribution in [0, 0.1) is 5.92 Å². The summed E-state index contributed by atoms with van der Waals surface area (Å²) in [7, 11) is 0. The average Bonchev–Trinajstić information content (AvgIpc) is 2.44. The molecule has 0 radical (unpaired) electrons. The predicted octanol–water partition coefficient (Wildman–Crippen LogP) is 4.14. The summed E-state index contributed by atoms with van der Waals surface area (Å²) in [5.74, 6) is -2.31. The van der Waals surface area contributed by atoms with E-state index in [-0.39, 0.29) is 5.92 Å². The van der Waals surface area contributed by atoms with E-state index >= 15 is 0 Å². The first-order chi connectivity index (χ1) is 10.1. The molecule has 0 saturated carbocycles. The van der Waals surface area contributed by atoms with Crippen molar-refractivity contribution < 1.29 is 19.8 Å². The Kier molecular flexibility index (Phi) is 8.27. The number of carboxylic acid groups (broad SMARTS) is 2. The summed E-state index contributed by atoms with van der Waals surface area (Å²) in [5, 5.41) is 26.6. The lowest BCUT2D eigenvalue weighted by molar-refractivity contribution is -0.146. The molecule has 22 heavy (non-hydrogen) atoms. The first-order valence-electron chi connectivity index (χ1n) is 8.02. The van der Waals surface area contributed by atoms with Crippen LogP contribution in [0.5, 0.6) is 0 Å². The number of hydrogen-bond acceptors (Lipinski definition) is 4. The largest absolute Gasteiger partial charge is 0.479 e. The van der Waals surface area contributed by atoms with Crippen LogP contribution in [0.3, 0.4) is 0 Å². The van der Waals surface area contributed by atoms with E-state index in [4.69, 9.17) is 5.11 Å². The van der Waals surface area contributed by atoms with Gasteiger partial charge in [0.1, 0.15) is 0 Å². The standard InChI is InChI=1S/C16H30N2O4/c1-6-8-10-12(11-9-7-2)16(5,14(21)22)18-17-15(3,4)13(19)20/h12H,6-11H2,1-5H3,(H,19,20)(H,21,22)/b18-17+. The van der Waals surface area contributed by atoms with Gasteiger partial charge in [0.05, 0.1) is 0 Å². The second-order valence-corrected chi connectivity index (χ2v) is 6.50. The van der Waals surface area contributed by atoms with Crippen LogP contribution in [-0.2, 0) is 9.59 Å². The van der Waals surface area contributed by atoms with Gasteiger partial charge in [-0.2, -0.15) is 10.2 Å². The first-order valence-corrected chi connectivity index (χ1v) is 8.02. The maximum absolute atomic E-state index is 11.8. The maximum atomic E-state index is 11.8. The van der Waals surface area contributed by atoms with Crippen LogP contribution in [-0.4, -0.2) is 33.2 Å². The van der Waals surface area contributed by atoms with Crippen LogP contribution in [0.2, 0.25) is 0 Å². The molecular weight excluding hydrogens is 284 g/mol. The van der Waals surface area contributed by atoms with E-state index in [2.05, 4.69) is 24.1 Å². The second-order valence-electron chi connectivity index (χ2n) is 6.50. The van der Waals surface area contributed by atoms with Crippen molar-refractivity contribution in [2.24, 2.45) is 16.1 Å². The van der Waals surface area contributed by atoms with Gasteiger partial charge in [0.15, 0.2) is 11.1 Å². The Labute approximate surface area is 133 Å². The van der Waals surface area contributed by atoms with Crippen molar-refractivity contribution >= 4 is 11.9 Å². The van der Waals surface area contributed by atoms with Crippen molar-refractivity contribution in [3.63, 3.8) is 0 Å². The van der Waals surface area contributed by atoms with Crippen LogP contribution in [0.15, 0.2) is 10.2 Å². The fraction of sp³-hybridized carbons (Fsp3) is 0.875. The van der Waals surface area contributed by atoms with Gasteiger partial charge in [0.2, 0.25) is 0 Å². The molecular formula is C16H30N2O4. The molecule has 0 amide bonds. The smallest absolute Gasteiger partial charge is 0.333 e. The van der Waals surface area contributed by atoms with Gasteiger partial charge in [-0.05, 0) is 39.5 Å². The molecule has 0 rings (SSSR count). The number of aliphatic carboxylic acids is 2. The van der Waals surface area contributed by atoms with Crippen molar-refractivity contribution in [2.75, 3.05) is 0 Å². The number of carboxylic acids is 2. The normalized spacial score (nSPS) is 15.2. The number of unbranched alkanes of at least 4 members (excludes halogenated alkanes) is 2. The van der Waals surface area contributed by atoms with Crippen LogP contribution >= 0.6 is 0 Å². The highest BCUT2D eigenvalue weighted by Gasteiger charge is 2.42. The number of carbonyl (C=O) groups is 2. The zero-order valence-electron chi connectivity index (χ0n) is 14.4. The van der Waals surface area contributed by atoms with Crippen molar-refractivity contribution in [2.45, 2.75) is 84.2 Å². The predicted molar refractivity (Wildman–Crippen MR) is 85.2 cm³/mol. The monoisotopic (exact) mass is 314 g/mol. The van der Waals surface area contributed by atoms with Gasteiger partial charge >= 0.3 is 11.9 Å². The summed E-state index contributed by atoms with van der Waals surface area (Å²) in [5.41, 5.74) is -2.80. The molecule has 0 saturated heterocycles. The number of azo groups is 1. The van der Waals surface area contributed by atoms with E-state index in [1.807, 2.05) is 0 Å². The SMILES string of the molecule is CCCCC(CCCC)C(C)(/N=N/C(C)(C)C(=O)O)C(=O)O. The van der Waals surface area contributed by atoms with Gasteiger partial charge in [0, 0.05) is 0 Å². The van der Waals surface area contributed by atoms with Crippen molar-refractivity contribution in [3.05, 3.63) is 0 Å². The minimum Gasteiger partial charge on any atom is -0.479 e. The Morgan fingerprint density at radius 2 is 1.36 bits per heavy atom. The van der Waals surface area contributed by atoms with Gasteiger partial charge < -0.3 is 10.2 Å². The molecule has 1 unspecified atom stereocenters. The quantitative estimate of drug-likeness (QED) is 0.560. The summed E-state index contributed by atoms with van der Waals surface area (Å²) in [6.45, 7) is 8.49. The highest BCUT2D eigenvalue weighted by atomic mass is 16.4. The van der Waals surface area contributed by atoms with Gasteiger partial charge in [-0.15, -0.1) is 0 Å². The third kappa shape index (κ3) is 5.73. The molecule has 2 N–H and O–H groups in total. The molecule has 0 aliphatic rings. The van der Waals surface area contributed by atoms with Crippen molar-refractivity contribution in [1.82, 2.24) is 0 Å². The Morgan fingerprint density at radius 3 is 1.68 bits per heavy atom. The molecule has 0 aliphatic carbocycles. The van der Waals surface area contributed by atoms with Crippen molar-refractivity contribution in [3.8, 4) is 0 Å². The van der Waals surface area contributed by atoms with Crippen LogP contribution in [0.1, 0.15) is 73.1 Å². The average molecular weight is 314 g/mol. The molecule has 0 heterocycles. The van der Waals surface area contributed by atoms with E-state index < -0.39 is 23.0 Å². The van der Waals surface area contributed by atoms with Crippen LogP contribution in [0.25, 0.3) is 0 Å². The molecule has 0 aromatic heterocycles. The van der Waals surface area contributed by atoms with E-state index in [1.54, 1.807) is 6.92 Å². The number of hydrogen-bond donors (Lipinski definition) is 2. The van der Waals surface area contributed by atoms with Gasteiger partial charge in [-0.1, -0.05) is 39.5 Å². The van der Waals surface area contributed by atoms with Crippen LogP contribution < -0.4 is 0 Å². The fourth-order valence-electron chi connectivity index (χ4n) is 2.18. The highest BCUT2D eigenvalue weighted by Crippen LogP contribution is 2.33. The molecule has 6 nitrogen and oxygen atoms in total. The zero-order valence-corrected chi connectivity index (χ0v) is 14.4. The minimum atomic E-state index is -1.42. The van der Waals surface area contributed by atoms with Crippen LogP contribution in [0.4, 0.5) is 0 Å². The Bertz CT molecular complexity index is 399. The zero-order chi connectivity index (χ0) is 17.4. The second kappa shape index (κ2) is 8.86. The fourth-order valence-corrected chi connectivity index (χ4v) is 2.18. The van der Waals surface area contributed by atoms with Gasteiger partial charge in [-0.25, -0.2) is 9.59 Å². The molecule has 128 valence electrons. The molecule has 6 heteroatoms. The topological polar surface area (TPSA) is 99.3 Å². The first kappa shape index (κ1) is 20.5. The molecule has 0 bridgehead atoms. The van der Waals surface area contributed by atoms with E-state index in [0.29, 0.717) is 0 Å².